The van der Waals surface area contributed by atoms with Crippen LogP contribution >= 0.6 is 11.8 Å². The maximum atomic E-state index is 12.7. The fourth-order valence-corrected chi connectivity index (χ4v) is 4.65. The zero-order valence-electron chi connectivity index (χ0n) is 16.6. The van der Waals surface area contributed by atoms with Crippen LogP contribution in [0.25, 0.3) is 5.69 Å². The van der Waals surface area contributed by atoms with E-state index in [1.54, 1.807) is 0 Å². The lowest BCUT2D eigenvalue weighted by atomic mass is 9.88. The number of benzene rings is 2. The zero-order chi connectivity index (χ0) is 20.1. The maximum Gasteiger partial charge on any atom is 0.237 e. The molecule has 1 aliphatic carbocycles. The molecular weight excluding hydrogens is 380 g/mol. The fraction of sp³-hybridized carbons (Fsp3) is 0.348. The number of rotatable bonds is 6. The number of carbonyl (C=O) groups is 1. The van der Waals surface area contributed by atoms with Crippen molar-refractivity contribution in [3.63, 3.8) is 0 Å². The molecule has 5 nitrogen and oxygen atoms in total. The number of aromatic nitrogens is 3. The molecular formula is C23H26N4OS. The fourth-order valence-electron chi connectivity index (χ4n) is 3.78. The van der Waals surface area contributed by atoms with Crippen molar-refractivity contribution in [2.75, 3.05) is 5.32 Å². The standard InChI is InChI=1S/C23H26N4OS/c1-17(22(28)24-19-13-7-3-8-14-19)29-23-26-25-21(18-11-5-2-6-12-18)27(23)20-15-9-4-10-16-20/h3-4,7-10,13-18H,2,5-6,11-12H2,1H3,(H,24,28)/t17-/m0/s1. The predicted molar refractivity (Wildman–Crippen MR) is 118 cm³/mol. The van der Waals surface area contributed by atoms with Gasteiger partial charge in [0.1, 0.15) is 5.82 Å². The van der Waals surface area contributed by atoms with Crippen LogP contribution in [0.1, 0.15) is 50.8 Å². The number of carbonyl (C=O) groups excluding carboxylic acids is 1. The van der Waals surface area contributed by atoms with Crippen LogP contribution in [0, 0.1) is 0 Å². The van der Waals surface area contributed by atoms with E-state index in [0.717, 1.165) is 35.2 Å². The van der Waals surface area contributed by atoms with Crippen molar-refractivity contribution in [3.05, 3.63) is 66.5 Å². The first kappa shape index (κ1) is 19.7. The molecule has 1 fully saturated rings. The summed E-state index contributed by atoms with van der Waals surface area (Å²) in [5.41, 5.74) is 1.86. The van der Waals surface area contributed by atoms with Gasteiger partial charge in [-0.15, -0.1) is 10.2 Å². The van der Waals surface area contributed by atoms with E-state index in [1.165, 1.54) is 31.0 Å². The second-order valence-corrected chi connectivity index (χ2v) is 8.77. The van der Waals surface area contributed by atoms with Crippen molar-refractivity contribution >= 4 is 23.4 Å². The summed E-state index contributed by atoms with van der Waals surface area (Å²) in [7, 11) is 0. The Hall–Kier alpha value is -2.60. The van der Waals surface area contributed by atoms with Crippen molar-refractivity contribution in [3.8, 4) is 5.69 Å². The number of thioether (sulfide) groups is 1. The van der Waals surface area contributed by atoms with Gasteiger partial charge in [0.2, 0.25) is 5.91 Å². The van der Waals surface area contributed by atoms with Crippen molar-refractivity contribution < 1.29 is 4.79 Å². The van der Waals surface area contributed by atoms with E-state index in [9.17, 15) is 4.79 Å². The first-order chi connectivity index (χ1) is 14.2. The van der Waals surface area contributed by atoms with Gasteiger partial charge in [-0.3, -0.25) is 9.36 Å². The van der Waals surface area contributed by atoms with Crippen molar-refractivity contribution in [2.24, 2.45) is 0 Å². The molecule has 1 N–H and O–H groups in total. The zero-order valence-corrected chi connectivity index (χ0v) is 17.4. The monoisotopic (exact) mass is 406 g/mol. The number of nitrogens with one attached hydrogen (secondary N) is 1. The van der Waals surface area contributed by atoms with Crippen molar-refractivity contribution in [1.82, 2.24) is 14.8 Å². The van der Waals surface area contributed by atoms with Gasteiger partial charge in [-0.05, 0) is 44.0 Å². The quantitative estimate of drug-likeness (QED) is 0.554. The normalized spacial score (nSPS) is 15.8. The molecule has 0 spiro atoms. The third-order valence-electron chi connectivity index (χ3n) is 5.34. The Morgan fingerprint density at radius 1 is 1.00 bits per heavy atom. The average Bonchev–Trinajstić information content (AvgIpc) is 3.19. The minimum Gasteiger partial charge on any atom is -0.325 e. The molecule has 3 aromatic rings. The van der Waals surface area contributed by atoms with Gasteiger partial charge in [0.15, 0.2) is 5.16 Å². The topological polar surface area (TPSA) is 59.8 Å². The van der Waals surface area contributed by atoms with Crippen LogP contribution in [-0.4, -0.2) is 25.9 Å². The lowest BCUT2D eigenvalue weighted by Crippen LogP contribution is -2.23. The largest absolute Gasteiger partial charge is 0.325 e. The van der Waals surface area contributed by atoms with Crippen LogP contribution in [0.4, 0.5) is 5.69 Å². The number of para-hydroxylation sites is 2. The Bertz CT molecular complexity index is 936. The molecule has 0 bridgehead atoms. The van der Waals surface area contributed by atoms with E-state index in [-0.39, 0.29) is 11.2 Å². The van der Waals surface area contributed by atoms with Crippen LogP contribution in [0.2, 0.25) is 0 Å². The van der Waals surface area contributed by atoms with Crippen LogP contribution in [0.3, 0.4) is 0 Å². The van der Waals surface area contributed by atoms with Gasteiger partial charge in [-0.2, -0.15) is 0 Å². The minimum absolute atomic E-state index is 0.0389. The Balaban J connectivity index is 1.58. The van der Waals surface area contributed by atoms with Crippen LogP contribution in [-0.2, 0) is 4.79 Å². The number of hydrogen-bond acceptors (Lipinski definition) is 4. The summed E-state index contributed by atoms with van der Waals surface area (Å²) in [5, 5.41) is 12.5. The van der Waals surface area contributed by atoms with Crippen LogP contribution in [0.15, 0.2) is 65.8 Å². The van der Waals surface area contributed by atoms with Gasteiger partial charge >= 0.3 is 0 Å². The Labute approximate surface area is 175 Å². The number of nitrogens with zero attached hydrogens (tertiary/aromatic N) is 3. The summed E-state index contributed by atoms with van der Waals surface area (Å²) in [4.78, 5) is 12.7. The van der Waals surface area contributed by atoms with Crippen molar-refractivity contribution in [1.29, 1.82) is 0 Å². The molecule has 1 saturated carbocycles. The molecule has 1 heterocycles. The van der Waals surface area contributed by atoms with E-state index in [1.807, 2.05) is 55.5 Å². The van der Waals surface area contributed by atoms with E-state index < -0.39 is 0 Å². The molecule has 1 atom stereocenters. The Morgan fingerprint density at radius 3 is 2.34 bits per heavy atom. The number of amides is 1. The van der Waals surface area contributed by atoms with Crippen molar-refractivity contribution in [2.45, 2.75) is 55.4 Å². The molecule has 6 heteroatoms. The average molecular weight is 407 g/mol. The molecule has 4 rings (SSSR count). The SMILES string of the molecule is C[C@H](Sc1nnc(C2CCCCC2)n1-c1ccccc1)C(=O)Nc1ccccc1. The number of anilines is 1. The molecule has 0 saturated heterocycles. The van der Waals surface area contributed by atoms with E-state index in [2.05, 4.69) is 32.2 Å². The molecule has 1 amide bonds. The van der Waals surface area contributed by atoms with Gasteiger partial charge in [0, 0.05) is 17.3 Å². The summed E-state index contributed by atoms with van der Waals surface area (Å²) in [6.45, 7) is 1.91. The van der Waals surface area contributed by atoms with Gasteiger partial charge in [-0.25, -0.2) is 0 Å². The third kappa shape index (κ3) is 4.70. The molecule has 2 aromatic carbocycles. The molecule has 0 unspecified atom stereocenters. The lowest BCUT2D eigenvalue weighted by Gasteiger charge is -2.22. The molecule has 150 valence electrons. The van der Waals surface area contributed by atoms with Gasteiger partial charge in [-0.1, -0.05) is 67.4 Å². The second kappa shape index (κ2) is 9.27. The highest BCUT2D eigenvalue weighted by Crippen LogP contribution is 2.35. The van der Waals surface area contributed by atoms with E-state index in [4.69, 9.17) is 0 Å². The van der Waals surface area contributed by atoms with Gasteiger partial charge < -0.3 is 5.32 Å². The highest BCUT2D eigenvalue weighted by molar-refractivity contribution is 8.00. The first-order valence-corrected chi connectivity index (χ1v) is 11.1. The summed E-state index contributed by atoms with van der Waals surface area (Å²) in [5.74, 6) is 1.41. The molecule has 0 aliphatic heterocycles. The highest BCUT2D eigenvalue weighted by atomic mass is 32.2. The second-order valence-electron chi connectivity index (χ2n) is 7.46. The predicted octanol–water partition coefficient (Wildman–Crippen LogP) is 5.43. The molecule has 1 aliphatic rings. The highest BCUT2D eigenvalue weighted by Gasteiger charge is 2.26. The smallest absolute Gasteiger partial charge is 0.237 e. The summed E-state index contributed by atoms with van der Waals surface area (Å²) in [6, 6.07) is 19.8. The Morgan fingerprint density at radius 2 is 1.66 bits per heavy atom. The first-order valence-electron chi connectivity index (χ1n) is 10.3. The van der Waals surface area contributed by atoms with Gasteiger partial charge in [0.25, 0.3) is 0 Å². The van der Waals surface area contributed by atoms with Gasteiger partial charge in [0.05, 0.1) is 5.25 Å². The van der Waals surface area contributed by atoms with E-state index in [0.29, 0.717) is 5.92 Å². The molecule has 29 heavy (non-hydrogen) atoms. The minimum atomic E-state index is -0.291. The summed E-state index contributed by atoms with van der Waals surface area (Å²) in [6.07, 6.45) is 6.09. The summed E-state index contributed by atoms with van der Waals surface area (Å²) >= 11 is 1.45. The third-order valence-corrected chi connectivity index (χ3v) is 6.38. The molecule has 1 aromatic heterocycles. The Kier molecular flexibility index (Phi) is 6.30. The molecule has 0 radical (unpaired) electrons. The lowest BCUT2D eigenvalue weighted by molar-refractivity contribution is -0.115. The summed E-state index contributed by atoms with van der Waals surface area (Å²) < 4.78 is 2.15. The van der Waals surface area contributed by atoms with E-state index >= 15 is 0 Å². The maximum absolute atomic E-state index is 12.7. The number of hydrogen-bond donors (Lipinski definition) is 1. The van der Waals surface area contributed by atoms with Crippen LogP contribution < -0.4 is 5.32 Å². The van der Waals surface area contributed by atoms with Crippen LogP contribution in [0.5, 0.6) is 0 Å².